The van der Waals surface area contributed by atoms with Crippen molar-refractivity contribution in [2.45, 2.75) is 53.0 Å². The van der Waals surface area contributed by atoms with Crippen molar-refractivity contribution in [3.05, 3.63) is 58.0 Å². The van der Waals surface area contributed by atoms with E-state index in [2.05, 4.69) is 38.1 Å². The van der Waals surface area contributed by atoms with Gasteiger partial charge in [-0.1, -0.05) is 44.5 Å². The van der Waals surface area contributed by atoms with E-state index in [1.165, 1.54) is 5.56 Å². The minimum absolute atomic E-state index is 0.0757. The lowest BCUT2D eigenvalue weighted by atomic mass is 9.87. The Kier molecular flexibility index (Phi) is 5.45. The predicted molar refractivity (Wildman–Crippen MR) is 114 cm³/mol. The molecule has 0 bridgehead atoms. The Labute approximate surface area is 165 Å². The molecule has 1 N–H and O–H groups in total. The van der Waals surface area contributed by atoms with Gasteiger partial charge in [0, 0.05) is 11.9 Å². The van der Waals surface area contributed by atoms with Crippen molar-refractivity contribution in [2.24, 2.45) is 5.18 Å². The quantitative estimate of drug-likeness (QED) is 0.413. The van der Waals surface area contributed by atoms with Crippen molar-refractivity contribution < 1.29 is 9.84 Å². The van der Waals surface area contributed by atoms with Crippen molar-refractivity contribution >= 4 is 16.6 Å². The van der Waals surface area contributed by atoms with E-state index in [1.807, 2.05) is 38.1 Å². The van der Waals surface area contributed by atoms with Crippen LogP contribution in [0.15, 0.2) is 41.6 Å². The summed E-state index contributed by atoms with van der Waals surface area (Å²) in [4.78, 5) is 11.2. The molecular formula is C23H28N2O3. The Balaban J connectivity index is 1.71. The maximum atomic E-state index is 11.2. The van der Waals surface area contributed by atoms with Crippen LogP contribution in [-0.4, -0.2) is 16.3 Å². The molecule has 2 aromatic carbocycles. The Bertz CT molecular complexity index is 996. The average Bonchev–Trinajstić information content (AvgIpc) is 2.89. The van der Waals surface area contributed by atoms with Crippen molar-refractivity contribution in [1.82, 2.24) is 4.57 Å². The molecule has 0 saturated carbocycles. The molecule has 0 aliphatic carbocycles. The fourth-order valence-electron chi connectivity index (χ4n) is 3.62. The second kappa shape index (κ2) is 7.66. The summed E-state index contributed by atoms with van der Waals surface area (Å²) < 4.78 is 7.61. The smallest absolute Gasteiger partial charge is 0.222 e. The van der Waals surface area contributed by atoms with E-state index in [9.17, 15) is 10.0 Å². The number of nitrogens with zero attached hydrogens (tertiary/aromatic N) is 2. The first kappa shape index (κ1) is 19.9. The summed E-state index contributed by atoms with van der Waals surface area (Å²) in [6, 6.07) is 12.1. The molecule has 0 spiro atoms. The topological polar surface area (TPSA) is 63.8 Å². The molecule has 0 aliphatic rings. The molecule has 0 radical (unpaired) electrons. The van der Waals surface area contributed by atoms with E-state index in [0.29, 0.717) is 25.0 Å². The minimum Gasteiger partial charge on any atom is -0.494 e. The maximum absolute atomic E-state index is 11.2. The number of hydrogen-bond donors (Lipinski definition) is 1. The number of aromatic nitrogens is 1. The Hall–Kier alpha value is -2.82. The van der Waals surface area contributed by atoms with Crippen molar-refractivity contribution in [1.29, 1.82) is 0 Å². The molecule has 5 nitrogen and oxygen atoms in total. The minimum atomic E-state index is -0.0757. The predicted octanol–water partition coefficient (Wildman–Crippen LogP) is 6.13. The zero-order valence-electron chi connectivity index (χ0n) is 17.2. The normalized spacial score (nSPS) is 11.8. The molecule has 28 heavy (non-hydrogen) atoms. The largest absolute Gasteiger partial charge is 0.494 e. The summed E-state index contributed by atoms with van der Waals surface area (Å²) in [5, 5.41) is 14.2. The fourth-order valence-corrected chi connectivity index (χ4v) is 3.62. The first-order chi connectivity index (χ1) is 13.2. The molecule has 0 aliphatic heterocycles. The molecule has 1 heterocycles. The van der Waals surface area contributed by atoms with Gasteiger partial charge in [-0.05, 0) is 60.2 Å². The second-order valence-corrected chi connectivity index (χ2v) is 8.37. The number of rotatable bonds is 6. The highest BCUT2D eigenvalue weighted by Crippen LogP contribution is 2.40. The molecule has 0 unspecified atom stereocenters. The SMILES string of the molecule is Cc1cc(C)c2c(c1)c(N=O)c(O)n2CCCOc1ccc(C(C)(C)C)cc1. The fraction of sp³-hybridized carbons (Fsp3) is 0.391. The lowest BCUT2D eigenvalue weighted by Crippen LogP contribution is -2.10. The summed E-state index contributed by atoms with van der Waals surface area (Å²) >= 11 is 0. The van der Waals surface area contributed by atoms with Crippen LogP contribution in [0, 0.1) is 18.8 Å². The van der Waals surface area contributed by atoms with Crippen LogP contribution in [0.3, 0.4) is 0 Å². The van der Waals surface area contributed by atoms with E-state index in [4.69, 9.17) is 4.74 Å². The Morgan fingerprint density at radius 3 is 2.39 bits per heavy atom. The number of hydrogen-bond acceptors (Lipinski definition) is 4. The summed E-state index contributed by atoms with van der Waals surface area (Å²) in [6.07, 6.45) is 0.698. The van der Waals surface area contributed by atoms with E-state index in [0.717, 1.165) is 22.4 Å². The molecule has 0 amide bonds. The van der Waals surface area contributed by atoms with Gasteiger partial charge >= 0.3 is 0 Å². The molecule has 3 aromatic rings. The molecule has 3 rings (SSSR count). The lowest BCUT2D eigenvalue weighted by molar-refractivity contribution is 0.298. The maximum Gasteiger partial charge on any atom is 0.222 e. The lowest BCUT2D eigenvalue weighted by Gasteiger charge is -2.19. The molecule has 0 atom stereocenters. The van der Waals surface area contributed by atoms with Crippen LogP contribution in [0.5, 0.6) is 11.6 Å². The number of ether oxygens (including phenoxy) is 1. The van der Waals surface area contributed by atoms with Gasteiger partial charge in [-0.2, -0.15) is 0 Å². The molecule has 148 valence electrons. The summed E-state index contributed by atoms with van der Waals surface area (Å²) in [7, 11) is 0. The van der Waals surface area contributed by atoms with Gasteiger partial charge in [-0.3, -0.25) is 0 Å². The molecular weight excluding hydrogens is 352 g/mol. The Morgan fingerprint density at radius 2 is 1.79 bits per heavy atom. The third-order valence-electron chi connectivity index (χ3n) is 5.04. The van der Waals surface area contributed by atoms with Gasteiger partial charge in [0.2, 0.25) is 5.88 Å². The van der Waals surface area contributed by atoms with E-state index < -0.39 is 0 Å². The zero-order valence-corrected chi connectivity index (χ0v) is 17.2. The zero-order chi connectivity index (χ0) is 20.5. The van der Waals surface area contributed by atoms with Crippen molar-refractivity contribution in [3.63, 3.8) is 0 Å². The molecule has 0 fully saturated rings. The van der Waals surface area contributed by atoms with Gasteiger partial charge in [-0.25, -0.2) is 0 Å². The first-order valence-electron chi connectivity index (χ1n) is 9.61. The number of nitroso groups, excluding NO2 is 1. The second-order valence-electron chi connectivity index (χ2n) is 8.37. The number of aromatic hydroxyl groups is 1. The molecule has 0 saturated heterocycles. The van der Waals surface area contributed by atoms with Crippen LogP contribution in [0.2, 0.25) is 0 Å². The van der Waals surface area contributed by atoms with Crippen molar-refractivity contribution in [2.75, 3.05) is 6.61 Å². The van der Waals surface area contributed by atoms with Gasteiger partial charge in [0.05, 0.1) is 12.1 Å². The van der Waals surface area contributed by atoms with E-state index in [1.54, 1.807) is 4.57 Å². The van der Waals surface area contributed by atoms with Crippen LogP contribution >= 0.6 is 0 Å². The van der Waals surface area contributed by atoms with E-state index >= 15 is 0 Å². The Morgan fingerprint density at radius 1 is 1.11 bits per heavy atom. The molecule has 5 heteroatoms. The van der Waals surface area contributed by atoms with Gasteiger partial charge in [-0.15, -0.1) is 4.91 Å². The van der Waals surface area contributed by atoms with Gasteiger partial charge in [0.1, 0.15) is 5.75 Å². The highest BCUT2D eigenvalue weighted by molar-refractivity contribution is 5.97. The third kappa shape index (κ3) is 3.88. The standard InChI is InChI=1S/C23H28N2O3/c1-15-13-16(2)21-19(14-15)20(24-27)22(26)25(21)11-6-12-28-18-9-7-17(8-10-18)23(3,4)5/h7-10,13-14,26H,6,11-12H2,1-5H3. The number of benzene rings is 2. The highest BCUT2D eigenvalue weighted by atomic mass is 16.5. The first-order valence-corrected chi connectivity index (χ1v) is 9.61. The monoisotopic (exact) mass is 380 g/mol. The van der Waals surface area contributed by atoms with Gasteiger partial charge in [0.15, 0.2) is 5.69 Å². The van der Waals surface area contributed by atoms with Crippen LogP contribution in [0.25, 0.3) is 10.9 Å². The summed E-state index contributed by atoms with van der Waals surface area (Å²) in [5.74, 6) is 0.755. The summed E-state index contributed by atoms with van der Waals surface area (Å²) in [5.41, 5.74) is 4.40. The third-order valence-corrected chi connectivity index (χ3v) is 5.04. The number of fused-ring (bicyclic) bond motifs is 1. The molecule has 1 aromatic heterocycles. The van der Waals surface area contributed by atoms with Crippen LogP contribution in [0.1, 0.15) is 43.9 Å². The van der Waals surface area contributed by atoms with Gasteiger partial charge in [0.25, 0.3) is 0 Å². The van der Waals surface area contributed by atoms with E-state index in [-0.39, 0.29) is 17.0 Å². The van der Waals surface area contributed by atoms with Crippen LogP contribution in [0.4, 0.5) is 5.69 Å². The van der Waals surface area contributed by atoms with Crippen LogP contribution < -0.4 is 4.74 Å². The average molecular weight is 380 g/mol. The summed E-state index contributed by atoms with van der Waals surface area (Å²) in [6.45, 7) is 11.6. The van der Waals surface area contributed by atoms with Gasteiger partial charge < -0.3 is 14.4 Å². The highest BCUT2D eigenvalue weighted by Gasteiger charge is 2.19. The van der Waals surface area contributed by atoms with Crippen LogP contribution in [-0.2, 0) is 12.0 Å². The number of aryl methyl sites for hydroxylation is 3. The van der Waals surface area contributed by atoms with Crippen molar-refractivity contribution in [3.8, 4) is 11.6 Å².